The Bertz CT molecular complexity index is 417. The molecule has 1 atom stereocenters. The summed E-state index contributed by atoms with van der Waals surface area (Å²) < 4.78 is 0. The number of amides is 1. The molecule has 86 valence electrons. The van der Waals surface area contributed by atoms with Gasteiger partial charge >= 0.3 is 0 Å². The molecule has 0 bridgehead atoms. The number of likely N-dealkylation sites (tertiary alicyclic amines) is 1. The summed E-state index contributed by atoms with van der Waals surface area (Å²) in [7, 11) is 0. The SMILES string of the molecule is Cc1cc(C(=O)N2CC[C@@H](N)C2)ccc1O. The number of aromatic hydroxyl groups is 1. The van der Waals surface area contributed by atoms with Crippen LogP contribution in [0.5, 0.6) is 5.75 Å². The van der Waals surface area contributed by atoms with Crippen molar-refractivity contribution in [1.82, 2.24) is 4.90 Å². The number of nitrogens with two attached hydrogens (primary N) is 1. The van der Waals surface area contributed by atoms with Crippen molar-refractivity contribution < 1.29 is 9.90 Å². The van der Waals surface area contributed by atoms with Gasteiger partial charge in [0.15, 0.2) is 0 Å². The zero-order valence-corrected chi connectivity index (χ0v) is 9.31. The Morgan fingerprint density at radius 3 is 2.88 bits per heavy atom. The normalized spacial score (nSPS) is 20.1. The van der Waals surface area contributed by atoms with Crippen molar-refractivity contribution in [3.63, 3.8) is 0 Å². The average Bonchev–Trinajstić information content (AvgIpc) is 2.68. The van der Waals surface area contributed by atoms with Crippen LogP contribution >= 0.6 is 0 Å². The van der Waals surface area contributed by atoms with E-state index in [4.69, 9.17) is 5.73 Å². The van der Waals surface area contributed by atoms with Crippen LogP contribution in [-0.2, 0) is 0 Å². The van der Waals surface area contributed by atoms with E-state index in [2.05, 4.69) is 0 Å². The van der Waals surface area contributed by atoms with E-state index in [1.807, 2.05) is 0 Å². The summed E-state index contributed by atoms with van der Waals surface area (Å²) in [4.78, 5) is 13.8. The number of phenolic OH excluding ortho intramolecular Hbond substituents is 1. The fourth-order valence-electron chi connectivity index (χ4n) is 1.94. The van der Waals surface area contributed by atoms with Crippen molar-refractivity contribution in [1.29, 1.82) is 0 Å². The highest BCUT2D eigenvalue weighted by Crippen LogP contribution is 2.19. The van der Waals surface area contributed by atoms with E-state index >= 15 is 0 Å². The van der Waals surface area contributed by atoms with E-state index in [0.717, 1.165) is 13.0 Å². The lowest BCUT2D eigenvalue weighted by molar-refractivity contribution is 0.0791. The van der Waals surface area contributed by atoms with Crippen LogP contribution in [0.2, 0.25) is 0 Å². The van der Waals surface area contributed by atoms with Gasteiger partial charge in [-0.25, -0.2) is 0 Å². The predicted octanol–water partition coefficient (Wildman–Crippen LogP) is 0.874. The van der Waals surface area contributed by atoms with Gasteiger partial charge in [0, 0.05) is 24.7 Å². The first-order valence-corrected chi connectivity index (χ1v) is 5.42. The van der Waals surface area contributed by atoms with Crippen LogP contribution in [0, 0.1) is 6.92 Å². The number of benzene rings is 1. The van der Waals surface area contributed by atoms with Crippen LogP contribution in [0.15, 0.2) is 18.2 Å². The molecule has 3 N–H and O–H groups in total. The molecule has 0 spiro atoms. The van der Waals surface area contributed by atoms with Gasteiger partial charge in [-0.1, -0.05) is 0 Å². The summed E-state index contributed by atoms with van der Waals surface area (Å²) >= 11 is 0. The number of nitrogens with zero attached hydrogens (tertiary/aromatic N) is 1. The summed E-state index contributed by atoms with van der Waals surface area (Å²) in [5, 5.41) is 9.39. The highest BCUT2D eigenvalue weighted by atomic mass is 16.3. The number of aryl methyl sites for hydroxylation is 1. The number of carbonyl (C=O) groups is 1. The smallest absolute Gasteiger partial charge is 0.253 e. The Kier molecular flexibility index (Phi) is 2.83. The molecule has 4 heteroatoms. The highest BCUT2D eigenvalue weighted by molar-refractivity contribution is 5.94. The lowest BCUT2D eigenvalue weighted by Crippen LogP contribution is -2.31. The van der Waals surface area contributed by atoms with E-state index in [1.54, 1.807) is 30.0 Å². The number of hydrogen-bond donors (Lipinski definition) is 2. The summed E-state index contributed by atoms with van der Waals surface area (Å²) in [6.45, 7) is 3.13. The van der Waals surface area contributed by atoms with Crippen molar-refractivity contribution in [2.45, 2.75) is 19.4 Å². The average molecular weight is 220 g/mol. The van der Waals surface area contributed by atoms with Gasteiger partial charge in [0.25, 0.3) is 5.91 Å². The van der Waals surface area contributed by atoms with Crippen LogP contribution < -0.4 is 5.73 Å². The molecule has 0 radical (unpaired) electrons. The maximum Gasteiger partial charge on any atom is 0.253 e. The third-order valence-corrected chi connectivity index (χ3v) is 2.96. The molecule has 4 nitrogen and oxygen atoms in total. The molecule has 0 unspecified atom stereocenters. The molecule has 1 amide bonds. The Morgan fingerprint density at radius 2 is 2.31 bits per heavy atom. The van der Waals surface area contributed by atoms with E-state index in [1.165, 1.54) is 0 Å². The Morgan fingerprint density at radius 1 is 1.56 bits per heavy atom. The van der Waals surface area contributed by atoms with Gasteiger partial charge in [-0.15, -0.1) is 0 Å². The van der Waals surface area contributed by atoms with Crippen molar-refractivity contribution >= 4 is 5.91 Å². The molecular weight excluding hydrogens is 204 g/mol. The van der Waals surface area contributed by atoms with Gasteiger partial charge in [-0.2, -0.15) is 0 Å². The summed E-state index contributed by atoms with van der Waals surface area (Å²) in [6, 6.07) is 5.01. The van der Waals surface area contributed by atoms with Gasteiger partial charge in [0.1, 0.15) is 5.75 Å². The van der Waals surface area contributed by atoms with E-state index < -0.39 is 0 Å². The van der Waals surface area contributed by atoms with Crippen molar-refractivity contribution in [2.75, 3.05) is 13.1 Å². The van der Waals surface area contributed by atoms with Gasteiger partial charge in [0.05, 0.1) is 0 Å². The maximum absolute atomic E-state index is 12.0. The minimum absolute atomic E-state index is 0.00366. The Labute approximate surface area is 94.7 Å². The summed E-state index contributed by atoms with van der Waals surface area (Å²) in [5.74, 6) is 0.214. The first kappa shape index (κ1) is 11.0. The lowest BCUT2D eigenvalue weighted by Gasteiger charge is -2.16. The standard InChI is InChI=1S/C12H16N2O2/c1-8-6-9(2-3-11(8)15)12(16)14-5-4-10(13)7-14/h2-3,6,10,15H,4-5,7,13H2,1H3/t10-/m1/s1. The Hall–Kier alpha value is -1.55. The monoisotopic (exact) mass is 220 g/mol. The van der Waals surface area contributed by atoms with Crippen molar-refractivity contribution in [3.8, 4) is 5.75 Å². The minimum Gasteiger partial charge on any atom is -0.508 e. The second-order valence-corrected chi connectivity index (χ2v) is 4.30. The van der Waals surface area contributed by atoms with E-state index in [-0.39, 0.29) is 17.7 Å². The number of hydrogen-bond acceptors (Lipinski definition) is 3. The van der Waals surface area contributed by atoms with Crippen LogP contribution in [0.1, 0.15) is 22.3 Å². The molecule has 1 aliphatic heterocycles. The van der Waals surface area contributed by atoms with Crippen molar-refractivity contribution in [3.05, 3.63) is 29.3 Å². The molecule has 1 aromatic carbocycles. The quantitative estimate of drug-likeness (QED) is 0.738. The topological polar surface area (TPSA) is 66.6 Å². The minimum atomic E-state index is -0.00366. The molecule has 2 rings (SSSR count). The number of rotatable bonds is 1. The molecule has 0 aromatic heterocycles. The molecule has 1 saturated heterocycles. The second kappa shape index (κ2) is 4.14. The highest BCUT2D eigenvalue weighted by Gasteiger charge is 2.24. The molecule has 16 heavy (non-hydrogen) atoms. The van der Waals surface area contributed by atoms with Gasteiger partial charge in [-0.3, -0.25) is 4.79 Å². The van der Waals surface area contributed by atoms with Crippen LogP contribution in [0.3, 0.4) is 0 Å². The summed E-state index contributed by atoms with van der Waals surface area (Å²) in [5.41, 5.74) is 7.09. The summed E-state index contributed by atoms with van der Waals surface area (Å²) in [6.07, 6.45) is 0.864. The molecule has 1 heterocycles. The first-order chi connectivity index (χ1) is 7.58. The molecule has 0 saturated carbocycles. The van der Waals surface area contributed by atoms with Gasteiger partial charge in [0.2, 0.25) is 0 Å². The second-order valence-electron chi connectivity index (χ2n) is 4.30. The maximum atomic E-state index is 12.0. The van der Waals surface area contributed by atoms with E-state index in [0.29, 0.717) is 17.7 Å². The molecule has 1 fully saturated rings. The van der Waals surface area contributed by atoms with Crippen LogP contribution in [-0.4, -0.2) is 35.0 Å². The largest absolute Gasteiger partial charge is 0.508 e. The fourth-order valence-corrected chi connectivity index (χ4v) is 1.94. The van der Waals surface area contributed by atoms with Gasteiger partial charge < -0.3 is 15.7 Å². The lowest BCUT2D eigenvalue weighted by atomic mass is 10.1. The number of carbonyl (C=O) groups excluding carboxylic acids is 1. The van der Waals surface area contributed by atoms with E-state index in [9.17, 15) is 9.90 Å². The molecular formula is C12H16N2O2. The van der Waals surface area contributed by atoms with Gasteiger partial charge in [-0.05, 0) is 37.1 Å². The molecule has 0 aliphatic carbocycles. The van der Waals surface area contributed by atoms with Crippen molar-refractivity contribution in [2.24, 2.45) is 5.73 Å². The zero-order valence-electron chi connectivity index (χ0n) is 9.31. The first-order valence-electron chi connectivity index (χ1n) is 5.42. The molecule has 1 aromatic rings. The fraction of sp³-hybridized carbons (Fsp3) is 0.417. The van der Waals surface area contributed by atoms with Crippen LogP contribution in [0.4, 0.5) is 0 Å². The third kappa shape index (κ3) is 2.02. The zero-order chi connectivity index (χ0) is 11.7. The molecule has 1 aliphatic rings. The third-order valence-electron chi connectivity index (χ3n) is 2.96. The predicted molar refractivity (Wildman–Crippen MR) is 61.3 cm³/mol. The van der Waals surface area contributed by atoms with Crippen LogP contribution in [0.25, 0.3) is 0 Å². The Balaban J connectivity index is 2.18. The number of phenols is 1.